The van der Waals surface area contributed by atoms with E-state index in [1.807, 2.05) is 13.8 Å². The van der Waals surface area contributed by atoms with Crippen molar-refractivity contribution in [3.05, 3.63) is 59.2 Å². The number of carbonyl (C=O) groups is 1. The van der Waals surface area contributed by atoms with Gasteiger partial charge in [-0.1, -0.05) is 18.2 Å². The van der Waals surface area contributed by atoms with Gasteiger partial charge in [0.2, 0.25) is 0 Å². The summed E-state index contributed by atoms with van der Waals surface area (Å²) in [7, 11) is 0. The molecule has 2 amide bonds. The van der Waals surface area contributed by atoms with Gasteiger partial charge in [0, 0.05) is 17.9 Å². The van der Waals surface area contributed by atoms with E-state index in [-0.39, 0.29) is 6.03 Å². The number of likely N-dealkylation sites (tertiary alicyclic amines) is 1. The van der Waals surface area contributed by atoms with Crippen molar-refractivity contribution in [1.29, 1.82) is 0 Å². The molecule has 1 heterocycles. The van der Waals surface area contributed by atoms with E-state index in [1.165, 1.54) is 12.1 Å². The lowest BCUT2D eigenvalue weighted by Crippen LogP contribution is -2.45. The highest BCUT2D eigenvalue weighted by Crippen LogP contribution is 2.40. The topological polar surface area (TPSA) is 58.4 Å². The number of anilines is 2. The second kappa shape index (κ2) is 6.79. The lowest BCUT2D eigenvalue weighted by Gasteiger charge is -2.36. The van der Waals surface area contributed by atoms with Crippen molar-refractivity contribution in [2.45, 2.75) is 38.4 Å². The summed E-state index contributed by atoms with van der Waals surface area (Å²) in [6, 6.07) is 10.1. The minimum absolute atomic E-state index is 0.288. The van der Waals surface area contributed by atoms with Gasteiger partial charge in [0.15, 0.2) is 0 Å². The minimum Gasteiger partial charge on any atom is -0.398 e. The molecular weight excluding hydrogens is 355 g/mol. The van der Waals surface area contributed by atoms with Crippen LogP contribution in [0.5, 0.6) is 0 Å². The Morgan fingerprint density at radius 1 is 1.19 bits per heavy atom. The second-order valence-corrected chi connectivity index (χ2v) is 7.05. The molecule has 0 radical (unpaired) electrons. The van der Waals surface area contributed by atoms with Crippen LogP contribution in [-0.2, 0) is 11.7 Å². The molecule has 0 aromatic heterocycles. The van der Waals surface area contributed by atoms with E-state index < -0.39 is 17.3 Å². The van der Waals surface area contributed by atoms with Gasteiger partial charge in [0.25, 0.3) is 0 Å². The van der Waals surface area contributed by atoms with Crippen LogP contribution in [0.15, 0.2) is 42.5 Å². The van der Waals surface area contributed by atoms with E-state index in [0.717, 1.165) is 24.1 Å². The fourth-order valence-corrected chi connectivity index (χ4v) is 3.58. The Hall–Kier alpha value is -2.70. The van der Waals surface area contributed by atoms with Crippen molar-refractivity contribution in [1.82, 2.24) is 4.90 Å². The molecule has 27 heavy (non-hydrogen) atoms. The standard InChI is InChI=1S/C20H22F3N3O/c1-13-16(24)5-3-6-17(13)25-18(27)26-12-4-11-19(26,2)14-7-9-15(10-8-14)20(21,22)23/h3,5-10H,4,11-12,24H2,1-2H3,(H,25,27). The molecule has 1 atom stereocenters. The molecule has 1 saturated heterocycles. The molecule has 0 aliphatic carbocycles. The molecule has 2 aromatic rings. The molecule has 4 nitrogen and oxygen atoms in total. The number of urea groups is 1. The summed E-state index contributed by atoms with van der Waals surface area (Å²) in [6.45, 7) is 4.24. The number of nitrogen functional groups attached to an aromatic ring is 1. The number of hydrogen-bond acceptors (Lipinski definition) is 2. The summed E-state index contributed by atoms with van der Waals surface area (Å²) >= 11 is 0. The van der Waals surface area contributed by atoms with Crippen LogP contribution >= 0.6 is 0 Å². The van der Waals surface area contributed by atoms with Crippen molar-refractivity contribution in [2.75, 3.05) is 17.6 Å². The normalized spacial score (nSPS) is 20.0. The summed E-state index contributed by atoms with van der Waals surface area (Å²) in [5, 5.41) is 2.88. The number of nitrogens with one attached hydrogen (secondary N) is 1. The van der Waals surface area contributed by atoms with E-state index in [1.54, 1.807) is 23.1 Å². The highest BCUT2D eigenvalue weighted by atomic mass is 19.4. The molecule has 3 rings (SSSR count). The number of nitrogens with zero attached hydrogens (tertiary/aromatic N) is 1. The molecule has 3 N–H and O–H groups in total. The SMILES string of the molecule is Cc1c(N)cccc1NC(=O)N1CCCC1(C)c1ccc(C(F)(F)F)cc1. The van der Waals surface area contributed by atoms with Crippen molar-refractivity contribution in [2.24, 2.45) is 0 Å². The number of benzene rings is 2. The van der Waals surface area contributed by atoms with Crippen molar-refractivity contribution >= 4 is 17.4 Å². The highest BCUT2D eigenvalue weighted by Gasteiger charge is 2.41. The van der Waals surface area contributed by atoms with Crippen LogP contribution < -0.4 is 11.1 Å². The van der Waals surface area contributed by atoms with Crippen LogP contribution in [0.4, 0.5) is 29.3 Å². The zero-order valence-electron chi connectivity index (χ0n) is 15.2. The maximum atomic E-state index is 12.9. The summed E-state index contributed by atoms with van der Waals surface area (Å²) < 4.78 is 38.5. The van der Waals surface area contributed by atoms with Gasteiger partial charge in [0.1, 0.15) is 0 Å². The predicted molar refractivity (Wildman–Crippen MR) is 99.3 cm³/mol. The van der Waals surface area contributed by atoms with Crippen LogP contribution in [0, 0.1) is 6.92 Å². The van der Waals surface area contributed by atoms with Gasteiger partial charge in [-0.25, -0.2) is 4.79 Å². The number of halogens is 3. The first-order valence-corrected chi connectivity index (χ1v) is 8.74. The molecule has 1 fully saturated rings. The lowest BCUT2D eigenvalue weighted by molar-refractivity contribution is -0.137. The van der Waals surface area contributed by atoms with E-state index in [0.29, 0.717) is 29.9 Å². The number of nitrogens with two attached hydrogens (primary N) is 1. The first-order chi connectivity index (χ1) is 12.6. The molecule has 0 bridgehead atoms. The number of rotatable bonds is 2. The maximum Gasteiger partial charge on any atom is 0.416 e. The van der Waals surface area contributed by atoms with Gasteiger partial charge in [-0.05, 0) is 62.1 Å². The average molecular weight is 377 g/mol. The predicted octanol–water partition coefficient (Wildman–Crippen LogP) is 5.14. The van der Waals surface area contributed by atoms with Gasteiger partial charge in [0.05, 0.1) is 11.1 Å². The molecule has 1 unspecified atom stereocenters. The van der Waals surface area contributed by atoms with Crippen LogP contribution in [-0.4, -0.2) is 17.5 Å². The van der Waals surface area contributed by atoms with Crippen molar-refractivity contribution in [3.63, 3.8) is 0 Å². The van der Waals surface area contributed by atoms with Crippen LogP contribution in [0.2, 0.25) is 0 Å². The molecule has 0 saturated carbocycles. The first-order valence-electron chi connectivity index (χ1n) is 8.74. The average Bonchev–Trinajstić information content (AvgIpc) is 3.01. The Kier molecular flexibility index (Phi) is 4.80. The zero-order valence-corrected chi connectivity index (χ0v) is 15.2. The monoisotopic (exact) mass is 377 g/mol. The number of alkyl halides is 3. The molecule has 7 heteroatoms. The third-order valence-corrected chi connectivity index (χ3v) is 5.34. The first kappa shape index (κ1) is 19.1. The van der Waals surface area contributed by atoms with Crippen molar-refractivity contribution in [3.8, 4) is 0 Å². The van der Waals surface area contributed by atoms with Gasteiger partial charge in [-0.3, -0.25) is 0 Å². The summed E-state index contributed by atoms with van der Waals surface area (Å²) in [5.74, 6) is 0. The smallest absolute Gasteiger partial charge is 0.398 e. The maximum absolute atomic E-state index is 12.9. The second-order valence-electron chi connectivity index (χ2n) is 7.05. The number of hydrogen-bond donors (Lipinski definition) is 2. The van der Waals surface area contributed by atoms with Crippen molar-refractivity contribution < 1.29 is 18.0 Å². The van der Waals surface area contributed by atoms with Gasteiger partial charge < -0.3 is 16.0 Å². The van der Waals surface area contributed by atoms with Crippen LogP contribution in [0.25, 0.3) is 0 Å². The van der Waals surface area contributed by atoms with E-state index in [2.05, 4.69) is 5.32 Å². The molecule has 1 aliphatic rings. The van der Waals surface area contributed by atoms with E-state index in [9.17, 15) is 18.0 Å². The fourth-order valence-electron chi connectivity index (χ4n) is 3.58. The largest absolute Gasteiger partial charge is 0.416 e. The number of carbonyl (C=O) groups excluding carboxylic acids is 1. The third-order valence-electron chi connectivity index (χ3n) is 5.34. The fraction of sp³-hybridized carbons (Fsp3) is 0.350. The van der Waals surface area contributed by atoms with Crippen LogP contribution in [0.3, 0.4) is 0 Å². The highest BCUT2D eigenvalue weighted by molar-refractivity contribution is 5.91. The van der Waals surface area contributed by atoms with Gasteiger partial charge in [-0.15, -0.1) is 0 Å². The molecule has 0 spiro atoms. The Morgan fingerprint density at radius 2 is 1.85 bits per heavy atom. The number of amides is 2. The minimum atomic E-state index is -4.38. The summed E-state index contributed by atoms with van der Waals surface area (Å²) in [5.41, 5.74) is 7.20. The zero-order chi connectivity index (χ0) is 19.8. The molecule has 2 aromatic carbocycles. The van der Waals surface area contributed by atoms with Gasteiger partial charge >= 0.3 is 12.2 Å². The third kappa shape index (κ3) is 3.59. The van der Waals surface area contributed by atoms with Crippen LogP contribution in [0.1, 0.15) is 36.5 Å². The Balaban J connectivity index is 1.85. The van der Waals surface area contributed by atoms with E-state index >= 15 is 0 Å². The Labute approximate surface area is 156 Å². The lowest BCUT2D eigenvalue weighted by atomic mass is 9.89. The Bertz CT molecular complexity index is 849. The molecule has 144 valence electrons. The Morgan fingerprint density at radius 3 is 2.48 bits per heavy atom. The quantitative estimate of drug-likeness (QED) is 0.712. The van der Waals surface area contributed by atoms with Gasteiger partial charge in [-0.2, -0.15) is 13.2 Å². The van der Waals surface area contributed by atoms with E-state index in [4.69, 9.17) is 5.73 Å². The molecular formula is C20H22F3N3O. The summed E-state index contributed by atoms with van der Waals surface area (Å²) in [6.07, 6.45) is -2.92. The summed E-state index contributed by atoms with van der Waals surface area (Å²) in [4.78, 5) is 14.6. The molecule has 1 aliphatic heterocycles.